The molecule has 0 aliphatic heterocycles. The Hall–Kier alpha value is -2.43. The molecule has 2 aromatic rings. The van der Waals surface area contributed by atoms with E-state index >= 15 is 0 Å². The van der Waals surface area contributed by atoms with Crippen LogP contribution in [0.15, 0.2) is 40.8 Å². The van der Waals surface area contributed by atoms with Gasteiger partial charge < -0.3 is 9.73 Å². The fourth-order valence-corrected chi connectivity index (χ4v) is 1.51. The van der Waals surface area contributed by atoms with Crippen molar-refractivity contribution in [2.75, 3.05) is 5.32 Å². The normalized spacial score (nSPS) is 10.9. The van der Waals surface area contributed by atoms with Crippen LogP contribution in [0.25, 0.3) is 6.08 Å². The summed E-state index contributed by atoms with van der Waals surface area (Å²) in [4.78, 5) is 11.5. The number of benzene rings is 1. The van der Waals surface area contributed by atoms with Crippen molar-refractivity contribution in [1.82, 2.24) is 0 Å². The number of rotatable bonds is 3. The summed E-state index contributed by atoms with van der Waals surface area (Å²) in [5, 5.41) is 2.35. The zero-order valence-electron chi connectivity index (χ0n) is 10.1. The molecule has 1 N–H and O–H groups in total. The maximum absolute atomic E-state index is 12.9. The molecule has 0 fully saturated rings. The van der Waals surface area contributed by atoms with Gasteiger partial charge in [0, 0.05) is 17.8 Å². The maximum atomic E-state index is 12.9. The van der Waals surface area contributed by atoms with Crippen molar-refractivity contribution in [3.63, 3.8) is 0 Å². The average Bonchev–Trinajstić information content (AvgIpc) is 2.71. The van der Waals surface area contributed by atoms with E-state index in [4.69, 9.17) is 4.42 Å². The summed E-state index contributed by atoms with van der Waals surface area (Å²) in [5.41, 5.74) is 0.0581. The molecule has 0 aliphatic carbocycles. The molecule has 19 heavy (non-hydrogen) atoms. The van der Waals surface area contributed by atoms with Crippen LogP contribution in [-0.2, 0) is 4.79 Å². The lowest BCUT2D eigenvalue weighted by atomic mass is 10.3. The van der Waals surface area contributed by atoms with Crippen LogP contribution in [0.2, 0.25) is 0 Å². The molecule has 1 heterocycles. The maximum Gasteiger partial charge on any atom is 0.248 e. The Balaban J connectivity index is 2.03. The Bertz CT molecular complexity index is 612. The minimum atomic E-state index is -0.749. The third-order valence-electron chi connectivity index (χ3n) is 2.29. The molecule has 1 aromatic heterocycles. The number of aryl methyl sites for hydroxylation is 1. The van der Waals surface area contributed by atoms with E-state index in [1.165, 1.54) is 12.2 Å². The minimum Gasteiger partial charge on any atom is -0.462 e. The van der Waals surface area contributed by atoms with Crippen molar-refractivity contribution < 1.29 is 18.0 Å². The number of furan rings is 1. The lowest BCUT2D eigenvalue weighted by molar-refractivity contribution is -0.111. The molecular formula is C14H11F2NO2. The van der Waals surface area contributed by atoms with E-state index in [-0.39, 0.29) is 5.69 Å². The molecule has 0 aliphatic rings. The topological polar surface area (TPSA) is 42.2 Å². The number of nitrogens with one attached hydrogen (secondary N) is 1. The SMILES string of the molecule is Cc1ccc(/C=C/C(=O)Nc2cc(F)cc(F)c2)o1. The average molecular weight is 263 g/mol. The molecule has 0 atom stereocenters. The van der Waals surface area contributed by atoms with Crippen molar-refractivity contribution in [3.8, 4) is 0 Å². The summed E-state index contributed by atoms with van der Waals surface area (Å²) in [6.45, 7) is 1.78. The molecule has 0 saturated heterocycles. The third kappa shape index (κ3) is 3.77. The Morgan fingerprint density at radius 1 is 1.21 bits per heavy atom. The van der Waals surface area contributed by atoms with E-state index in [0.717, 1.165) is 24.0 Å². The fourth-order valence-electron chi connectivity index (χ4n) is 1.51. The standard InChI is InChI=1S/C14H11F2NO2/c1-9-2-3-13(19-9)4-5-14(18)17-12-7-10(15)6-11(16)8-12/h2-8H,1H3,(H,17,18)/b5-4+. The van der Waals surface area contributed by atoms with Crippen molar-refractivity contribution in [1.29, 1.82) is 0 Å². The van der Waals surface area contributed by atoms with Crippen LogP contribution in [-0.4, -0.2) is 5.91 Å². The van der Waals surface area contributed by atoms with Crippen molar-refractivity contribution >= 4 is 17.7 Å². The van der Waals surface area contributed by atoms with E-state index in [0.29, 0.717) is 5.76 Å². The van der Waals surface area contributed by atoms with Gasteiger partial charge in [0.15, 0.2) is 0 Å². The minimum absolute atomic E-state index is 0.0581. The van der Waals surface area contributed by atoms with Gasteiger partial charge in [-0.2, -0.15) is 0 Å². The van der Waals surface area contributed by atoms with Crippen LogP contribution < -0.4 is 5.32 Å². The van der Waals surface area contributed by atoms with E-state index in [2.05, 4.69) is 5.32 Å². The molecule has 98 valence electrons. The predicted octanol–water partition coefficient (Wildman–Crippen LogP) is 3.52. The fraction of sp³-hybridized carbons (Fsp3) is 0.0714. The van der Waals surface area contributed by atoms with Crippen molar-refractivity contribution in [2.24, 2.45) is 0 Å². The Labute approximate surface area is 108 Å². The third-order valence-corrected chi connectivity index (χ3v) is 2.29. The largest absolute Gasteiger partial charge is 0.462 e. The summed E-state index contributed by atoms with van der Waals surface area (Å²) < 4.78 is 31.1. The van der Waals surface area contributed by atoms with Crippen LogP contribution in [0, 0.1) is 18.6 Å². The Morgan fingerprint density at radius 3 is 2.47 bits per heavy atom. The summed E-state index contributed by atoms with van der Waals surface area (Å²) >= 11 is 0. The van der Waals surface area contributed by atoms with Crippen LogP contribution in [0.1, 0.15) is 11.5 Å². The van der Waals surface area contributed by atoms with Gasteiger partial charge in [-0.3, -0.25) is 4.79 Å². The number of hydrogen-bond acceptors (Lipinski definition) is 2. The van der Waals surface area contributed by atoms with Crippen molar-refractivity contribution in [3.05, 3.63) is 59.6 Å². The molecule has 5 heteroatoms. The number of halogens is 2. The van der Waals surface area contributed by atoms with Gasteiger partial charge in [0.05, 0.1) is 0 Å². The molecular weight excluding hydrogens is 252 g/mol. The van der Waals surface area contributed by atoms with Gasteiger partial charge in [0.1, 0.15) is 23.2 Å². The molecule has 0 radical (unpaired) electrons. The van der Waals surface area contributed by atoms with E-state index in [1.807, 2.05) is 0 Å². The predicted molar refractivity (Wildman–Crippen MR) is 67.5 cm³/mol. The number of carbonyl (C=O) groups excluding carboxylic acids is 1. The first-order valence-electron chi connectivity index (χ1n) is 5.54. The van der Waals surface area contributed by atoms with Crippen LogP contribution in [0.4, 0.5) is 14.5 Å². The molecule has 1 amide bonds. The van der Waals surface area contributed by atoms with Gasteiger partial charge in [0.25, 0.3) is 0 Å². The zero-order valence-corrected chi connectivity index (χ0v) is 10.1. The van der Waals surface area contributed by atoms with Gasteiger partial charge in [-0.05, 0) is 37.3 Å². The zero-order chi connectivity index (χ0) is 13.8. The summed E-state index contributed by atoms with van der Waals surface area (Å²) in [6.07, 6.45) is 2.69. The van der Waals surface area contributed by atoms with Crippen LogP contribution >= 0.6 is 0 Å². The van der Waals surface area contributed by atoms with Gasteiger partial charge >= 0.3 is 0 Å². The van der Waals surface area contributed by atoms with Crippen molar-refractivity contribution in [2.45, 2.75) is 6.92 Å². The van der Waals surface area contributed by atoms with Gasteiger partial charge in [-0.25, -0.2) is 8.78 Å². The first kappa shape index (κ1) is 13.0. The molecule has 3 nitrogen and oxygen atoms in total. The van der Waals surface area contributed by atoms with Gasteiger partial charge in [-0.1, -0.05) is 0 Å². The van der Waals surface area contributed by atoms with Gasteiger partial charge in [0.2, 0.25) is 5.91 Å². The number of anilines is 1. The highest BCUT2D eigenvalue weighted by atomic mass is 19.1. The lowest BCUT2D eigenvalue weighted by Crippen LogP contribution is -2.08. The molecule has 0 unspecified atom stereocenters. The van der Waals surface area contributed by atoms with Gasteiger partial charge in [-0.15, -0.1) is 0 Å². The Kier molecular flexibility index (Phi) is 3.75. The second-order valence-electron chi connectivity index (χ2n) is 3.93. The monoisotopic (exact) mass is 263 g/mol. The summed E-state index contributed by atoms with van der Waals surface area (Å²) in [6, 6.07) is 6.27. The quantitative estimate of drug-likeness (QED) is 0.861. The second-order valence-corrected chi connectivity index (χ2v) is 3.93. The second kappa shape index (κ2) is 5.48. The highest BCUT2D eigenvalue weighted by Gasteiger charge is 2.03. The first-order chi connectivity index (χ1) is 9.02. The molecule has 1 aromatic carbocycles. The molecule has 0 spiro atoms. The highest BCUT2D eigenvalue weighted by Crippen LogP contribution is 2.13. The molecule has 2 rings (SSSR count). The summed E-state index contributed by atoms with van der Waals surface area (Å²) in [5.74, 6) is -0.744. The lowest BCUT2D eigenvalue weighted by Gasteiger charge is -2.02. The number of amides is 1. The number of hydrogen-bond donors (Lipinski definition) is 1. The Morgan fingerprint density at radius 2 is 1.89 bits per heavy atom. The van der Waals surface area contributed by atoms with E-state index in [1.54, 1.807) is 19.1 Å². The highest BCUT2D eigenvalue weighted by molar-refractivity contribution is 6.01. The van der Waals surface area contributed by atoms with Crippen LogP contribution in [0.3, 0.4) is 0 Å². The van der Waals surface area contributed by atoms with Crippen LogP contribution in [0.5, 0.6) is 0 Å². The summed E-state index contributed by atoms with van der Waals surface area (Å²) in [7, 11) is 0. The number of carbonyl (C=O) groups is 1. The first-order valence-corrected chi connectivity index (χ1v) is 5.54. The molecule has 0 saturated carbocycles. The van der Waals surface area contributed by atoms with E-state index < -0.39 is 17.5 Å². The van der Waals surface area contributed by atoms with E-state index in [9.17, 15) is 13.6 Å². The smallest absolute Gasteiger partial charge is 0.248 e. The molecule has 0 bridgehead atoms.